The van der Waals surface area contributed by atoms with Crippen molar-refractivity contribution in [3.05, 3.63) is 98.1 Å². The largest absolute Gasteiger partial charge is 2.00 e. The average molecular weight is 590 g/mol. The van der Waals surface area contributed by atoms with E-state index in [-0.39, 0.29) is 16.5 Å². The van der Waals surface area contributed by atoms with E-state index in [1.807, 2.05) is 13.8 Å². The molecule has 0 unspecified atom stereocenters. The predicted octanol–water partition coefficient (Wildman–Crippen LogP) is 10.8. The molecule has 0 saturated carbocycles. The molecule has 0 bridgehead atoms. The van der Waals surface area contributed by atoms with Crippen LogP contribution in [0.25, 0.3) is 27.6 Å². The maximum atomic E-state index is 11.4. The smallest absolute Gasteiger partial charge is 0.665 e. The molecule has 0 aromatic heterocycles. The number of aryl methyl sites for hydroxylation is 2. The molecule has 0 atom stereocenters. The van der Waals surface area contributed by atoms with Gasteiger partial charge in [0.15, 0.2) is 0 Å². The maximum absolute atomic E-state index is 11.4. The minimum absolute atomic E-state index is 0. The van der Waals surface area contributed by atoms with E-state index >= 15 is 0 Å². The molecule has 0 saturated heterocycles. The molecule has 1 aliphatic rings. The fraction of sp³-hybridized carbons (Fsp3) is 0.543. The zero-order valence-corrected chi connectivity index (χ0v) is 27.5. The van der Waals surface area contributed by atoms with Crippen molar-refractivity contribution < 1.29 is 21.2 Å². The van der Waals surface area contributed by atoms with Crippen LogP contribution in [0.2, 0.25) is 0 Å². The summed E-state index contributed by atoms with van der Waals surface area (Å²) in [6.45, 7) is 14.8. The van der Waals surface area contributed by atoms with Gasteiger partial charge in [-0.2, -0.15) is 27.2 Å². The van der Waals surface area contributed by atoms with Gasteiger partial charge in [0.1, 0.15) is 0 Å². The van der Waals surface area contributed by atoms with Gasteiger partial charge in [0.25, 0.3) is 0 Å². The van der Waals surface area contributed by atoms with E-state index < -0.39 is 0 Å². The summed E-state index contributed by atoms with van der Waals surface area (Å²) < 4.78 is 1.46. The molecule has 4 nitrogen and oxygen atoms in total. The molecule has 1 heterocycles. The molecule has 224 valence electrons. The van der Waals surface area contributed by atoms with Gasteiger partial charge in [-0.05, 0) is 80.8 Å². The Hall–Kier alpha value is -2.07. The SMILES string of the molecule is CCCCC1=C(c2cccc(CCCC)c2)[N+](=[N-])C(c2ccc(CCCC)cc2)=C1C.CC[N-]C.CC[N-]C.[Ni+2]. The van der Waals surface area contributed by atoms with Crippen molar-refractivity contribution in [2.75, 3.05) is 27.2 Å². The van der Waals surface area contributed by atoms with Crippen molar-refractivity contribution in [2.45, 2.75) is 99.3 Å². The van der Waals surface area contributed by atoms with Gasteiger partial charge in [0.05, 0.1) is 0 Å². The van der Waals surface area contributed by atoms with Gasteiger partial charge >= 0.3 is 16.5 Å². The van der Waals surface area contributed by atoms with E-state index in [1.165, 1.54) is 52.7 Å². The van der Waals surface area contributed by atoms with Crippen molar-refractivity contribution in [3.8, 4) is 0 Å². The van der Waals surface area contributed by atoms with Crippen LogP contribution in [0.3, 0.4) is 0 Å². The zero-order valence-electron chi connectivity index (χ0n) is 26.5. The third kappa shape index (κ3) is 12.2. The fourth-order valence-electron chi connectivity index (χ4n) is 4.48. The molecule has 3 rings (SSSR count). The minimum Gasteiger partial charge on any atom is -0.665 e. The Kier molecular flexibility index (Phi) is 21.4. The molecule has 5 heteroatoms. The summed E-state index contributed by atoms with van der Waals surface area (Å²) in [6.07, 6.45) is 10.3. The van der Waals surface area contributed by atoms with E-state index in [0.29, 0.717) is 0 Å². The summed E-state index contributed by atoms with van der Waals surface area (Å²) in [5.74, 6) is 0. The Labute approximate surface area is 256 Å². The van der Waals surface area contributed by atoms with Crippen LogP contribution in [0.15, 0.2) is 59.7 Å². The molecule has 0 amide bonds. The molecular weight excluding hydrogens is 535 g/mol. The first-order valence-corrected chi connectivity index (χ1v) is 15.2. The van der Waals surface area contributed by atoms with Crippen molar-refractivity contribution in [1.82, 2.24) is 0 Å². The summed E-state index contributed by atoms with van der Waals surface area (Å²) in [5, 5.41) is 7.47. The summed E-state index contributed by atoms with van der Waals surface area (Å²) >= 11 is 0. The van der Waals surface area contributed by atoms with E-state index in [9.17, 15) is 5.53 Å². The quantitative estimate of drug-likeness (QED) is 0.165. The van der Waals surface area contributed by atoms with Crippen molar-refractivity contribution in [1.29, 1.82) is 0 Å². The summed E-state index contributed by atoms with van der Waals surface area (Å²) in [4.78, 5) is 0. The molecule has 2 aromatic carbocycles. The first kappa shape index (κ1) is 37.9. The van der Waals surface area contributed by atoms with E-state index in [0.717, 1.165) is 67.7 Å². The van der Waals surface area contributed by atoms with Crippen LogP contribution in [0.5, 0.6) is 0 Å². The van der Waals surface area contributed by atoms with Gasteiger partial charge in [-0.1, -0.05) is 78.1 Å². The van der Waals surface area contributed by atoms with Gasteiger partial charge in [0, 0.05) is 22.3 Å². The fourth-order valence-corrected chi connectivity index (χ4v) is 4.48. The Bertz CT molecular complexity index is 1030. The third-order valence-corrected chi connectivity index (χ3v) is 7.00. The van der Waals surface area contributed by atoms with Crippen molar-refractivity contribution in [3.63, 3.8) is 0 Å². The number of rotatable bonds is 13. The van der Waals surface area contributed by atoms with Crippen LogP contribution in [0, 0.1) is 0 Å². The van der Waals surface area contributed by atoms with Crippen LogP contribution >= 0.6 is 0 Å². The van der Waals surface area contributed by atoms with Crippen LogP contribution in [0.1, 0.15) is 109 Å². The van der Waals surface area contributed by atoms with Crippen molar-refractivity contribution in [2.24, 2.45) is 0 Å². The Morgan fingerprint density at radius 1 is 0.650 bits per heavy atom. The number of nitrogens with zero attached hydrogens (tertiary/aromatic N) is 4. The van der Waals surface area contributed by atoms with Crippen LogP contribution in [0.4, 0.5) is 0 Å². The van der Waals surface area contributed by atoms with Gasteiger partial charge in [-0.3, -0.25) is 0 Å². The Balaban J connectivity index is 0.00000149. The first-order chi connectivity index (χ1) is 18.9. The molecule has 0 aliphatic carbocycles. The van der Waals surface area contributed by atoms with Gasteiger partial charge < -0.3 is 16.2 Å². The van der Waals surface area contributed by atoms with Crippen LogP contribution < -0.4 is 0 Å². The second-order valence-electron chi connectivity index (χ2n) is 10.1. The van der Waals surface area contributed by atoms with E-state index in [2.05, 4.69) is 86.9 Å². The van der Waals surface area contributed by atoms with E-state index in [4.69, 9.17) is 0 Å². The second-order valence-corrected chi connectivity index (χ2v) is 10.1. The monoisotopic (exact) mass is 588 g/mol. The van der Waals surface area contributed by atoms with Gasteiger partial charge in [0.2, 0.25) is 11.4 Å². The van der Waals surface area contributed by atoms with Crippen molar-refractivity contribution >= 4 is 11.4 Å². The summed E-state index contributed by atoms with van der Waals surface area (Å²) in [6, 6.07) is 17.5. The molecule has 0 N–H and O–H groups in total. The number of hydrogen-bond donors (Lipinski definition) is 0. The van der Waals surface area contributed by atoms with Crippen LogP contribution in [-0.4, -0.2) is 31.9 Å². The topological polar surface area (TPSA) is 53.5 Å². The Morgan fingerprint density at radius 3 is 1.65 bits per heavy atom. The van der Waals surface area contributed by atoms with Gasteiger partial charge in [-0.25, -0.2) is 4.70 Å². The Morgan fingerprint density at radius 2 is 1.15 bits per heavy atom. The van der Waals surface area contributed by atoms with Crippen LogP contribution in [-0.2, 0) is 29.3 Å². The number of unbranched alkanes of at least 4 members (excludes halogenated alkanes) is 3. The van der Waals surface area contributed by atoms with E-state index in [1.54, 1.807) is 14.1 Å². The number of benzene rings is 2. The normalized spacial score (nSPS) is 12.4. The van der Waals surface area contributed by atoms with Gasteiger partial charge in [-0.15, -0.1) is 0 Å². The molecule has 0 fully saturated rings. The third-order valence-electron chi connectivity index (χ3n) is 7.00. The predicted molar refractivity (Wildman–Crippen MR) is 172 cm³/mol. The standard InChI is InChI=1S/C29H38N2.2C3H8N.Ni/c1-5-8-12-23-17-19-25(20-18-23)28-22(4)27(16-10-7-3)29(31(28)30)26-15-11-14-24(21-26)13-9-6-2;2*1-3-4-2;/h11,14-15,17-21H,5-10,12-13,16H2,1-4H3;2*3H2,1-2H3;/q;2*-1;+2. The molecule has 40 heavy (non-hydrogen) atoms. The summed E-state index contributed by atoms with van der Waals surface area (Å²) in [5.41, 5.74) is 20.7. The molecule has 0 spiro atoms. The molecular formula is C35H54N4Ni. The molecule has 0 radical (unpaired) electrons. The number of allylic oxidation sites excluding steroid dienone is 2. The second kappa shape index (κ2) is 22.6. The average Bonchev–Trinajstić information content (AvgIpc) is 3.23. The first-order valence-electron chi connectivity index (χ1n) is 15.2. The maximum Gasteiger partial charge on any atom is 2.00 e. The number of hydrogen-bond acceptors (Lipinski definition) is 0. The zero-order chi connectivity index (χ0) is 29.0. The minimum atomic E-state index is 0. The summed E-state index contributed by atoms with van der Waals surface area (Å²) in [7, 11) is 3.61. The molecule has 2 aromatic rings. The molecule has 1 aliphatic heterocycles.